The maximum atomic E-state index is 11.5. The largest absolute Gasteiger partial charge is 0.478 e. The zero-order valence-electron chi connectivity index (χ0n) is 11.3. The monoisotopic (exact) mass is 301 g/mol. The SMILES string of the molecule is Cc1nnc(Sc2nnc3ccccn23)c(C(=O)O)c1C. The highest BCUT2D eigenvalue weighted by Crippen LogP contribution is 2.29. The third-order valence-corrected chi connectivity index (χ3v) is 4.05. The standard InChI is InChI=1S/C13H11N5O2S/c1-7-8(2)14-16-11(10(7)12(19)20)21-13-17-15-9-5-3-4-6-18(9)13/h3-6H,1-2H3,(H,19,20). The van der Waals surface area contributed by atoms with Gasteiger partial charge in [-0.25, -0.2) is 4.79 Å². The van der Waals surface area contributed by atoms with Crippen molar-refractivity contribution in [2.24, 2.45) is 0 Å². The fraction of sp³-hybridized carbons (Fsp3) is 0.154. The number of fused-ring (bicyclic) bond motifs is 1. The topological polar surface area (TPSA) is 93.3 Å². The van der Waals surface area contributed by atoms with Crippen LogP contribution in [0.2, 0.25) is 0 Å². The number of carboxylic acid groups (broad SMARTS) is 1. The first kappa shape index (κ1) is 13.5. The summed E-state index contributed by atoms with van der Waals surface area (Å²) in [6.45, 7) is 3.45. The van der Waals surface area contributed by atoms with Crippen LogP contribution < -0.4 is 0 Å². The van der Waals surface area contributed by atoms with Gasteiger partial charge in [0, 0.05) is 6.20 Å². The van der Waals surface area contributed by atoms with Crippen molar-refractivity contribution in [3.05, 3.63) is 41.2 Å². The van der Waals surface area contributed by atoms with E-state index in [1.165, 1.54) is 0 Å². The van der Waals surface area contributed by atoms with Gasteiger partial charge in [-0.05, 0) is 43.3 Å². The van der Waals surface area contributed by atoms with E-state index in [1.807, 2.05) is 24.4 Å². The molecule has 3 aromatic heterocycles. The molecule has 0 aliphatic carbocycles. The molecule has 0 aliphatic rings. The Bertz CT molecular complexity index is 846. The third kappa shape index (κ3) is 2.33. The van der Waals surface area contributed by atoms with Gasteiger partial charge in [-0.2, -0.15) is 5.10 Å². The zero-order valence-corrected chi connectivity index (χ0v) is 12.1. The van der Waals surface area contributed by atoms with E-state index in [-0.39, 0.29) is 5.56 Å². The Labute approximate surface area is 124 Å². The van der Waals surface area contributed by atoms with E-state index in [1.54, 1.807) is 18.2 Å². The molecule has 0 amide bonds. The van der Waals surface area contributed by atoms with Gasteiger partial charge in [-0.3, -0.25) is 4.40 Å². The summed E-state index contributed by atoms with van der Waals surface area (Å²) in [5.41, 5.74) is 2.05. The summed E-state index contributed by atoms with van der Waals surface area (Å²) < 4.78 is 1.77. The molecular weight excluding hydrogens is 290 g/mol. The fourth-order valence-corrected chi connectivity index (χ4v) is 2.82. The maximum Gasteiger partial charge on any atom is 0.338 e. The Morgan fingerprint density at radius 2 is 2.00 bits per heavy atom. The molecule has 0 radical (unpaired) electrons. The number of aromatic carboxylic acids is 1. The summed E-state index contributed by atoms with van der Waals surface area (Å²) in [4.78, 5) is 11.5. The van der Waals surface area contributed by atoms with Gasteiger partial charge in [0.15, 0.2) is 5.65 Å². The van der Waals surface area contributed by atoms with Gasteiger partial charge >= 0.3 is 5.97 Å². The van der Waals surface area contributed by atoms with Crippen LogP contribution in [0.25, 0.3) is 5.65 Å². The van der Waals surface area contributed by atoms with Crippen molar-refractivity contribution in [3.63, 3.8) is 0 Å². The number of nitrogens with zero attached hydrogens (tertiary/aromatic N) is 5. The summed E-state index contributed by atoms with van der Waals surface area (Å²) in [5.74, 6) is -1.03. The molecule has 0 saturated heterocycles. The minimum Gasteiger partial charge on any atom is -0.478 e. The molecule has 0 saturated carbocycles. The Kier molecular flexibility index (Phi) is 3.30. The predicted molar refractivity (Wildman–Crippen MR) is 75.6 cm³/mol. The molecule has 0 unspecified atom stereocenters. The number of carboxylic acids is 1. The summed E-state index contributed by atoms with van der Waals surface area (Å²) in [7, 11) is 0. The van der Waals surface area contributed by atoms with Crippen molar-refractivity contribution in [1.82, 2.24) is 24.8 Å². The van der Waals surface area contributed by atoms with Crippen LogP contribution in [0.4, 0.5) is 0 Å². The number of hydrogen-bond donors (Lipinski definition) is 1. The van der Waals surface area contributed by atoms with Crippen molar-refractivity contribution in [1.29, 1.82) is 0 Å². The third-order valence-electron chi connectivity index (χ3n) is 3.11. The van der Waals surface area contributed by atoms with E-state index in [0.717, 1.165) is 11.8 Å². The van der Waals surface area contributed by atoms with E-state index >= 15 is 0 Å². The second-order valence-corrected chi connectivity index (χ2v) is 5.37. The quantitative estimate of drug-likeness (QED) is 0.790. The molecule has 0 aliphatic heterocycles. The highest BCUT2D eigenvalue weighted by atomic mass is 32.2. The van der Waals surface area contributed by atoms with Crippen LogP contribution in [0, 0.1) is 13.8 Å². The summed E-state index contributed by atoms with van der Waals surface area (Å²) in [6.07, 6.45) is 1.81. The van der Waals surface area contributed by atoms with Gasteiger partial charge < -0.3 is 5.11 Å². The van der Waals surface area contributed by atoms with Crippen LogP contribution >= 0.6 is 11.8 Å². The molecule has 0 bridgehead atoms. The first-order valence-electron chi connectivity index (χ1n) is 6.12. The number of aromatic nitrogens is 5. The van der Waals surface area contributed by atoms with Crippen LogP contribution in [-0.2, 0) is 0 Å². The van der Waals surface area contributed by atoms with Crippen LogP contribution in [-0.4, -0.2) is 35.9 Å². The lowest BCUT2D eigenvalue weighted by atomic mass is 10.1. The van der Waals surface area contributed by atoms with Crippen molar-refractivity contribution < 1.29 is 9.90 Å². The molecule has 0 spiro atoms. The lowest BCUT2D eigenvalue weighted by molar-refractivity contribution is 0.0690. The van der Waals surface area contributed by atoms with Crippen LogP contribution in [0.1, 0.15) is 21.6 Å². The van der Waals surface area contributed by atoms with Crippen LogP contribution in [0.5, 0.6) is 0 Å². The van der Waals surface area contributed by atoms with Gasteiger partial charge in [0.05, 0.1) is 11.3 Å². The molecule has 106 valence electrons. The lowest BCUT2D eigenvalue weighted by Crippen LogP contribution is -2.08. The van der Waals surface area contributed by atoms with Gasteiger partial charge in [0.25, 0.3) is 0 Å². The van der Waals surface area contributed by atoms with E-state index in [2.05, 4.69) is 20.4 Å². The van der Waals surface area contributed by atoms with Gasteiger partial charge in [0.2, 0.25) is 5.16 Å². The normalized spacial score (nSPS) is 11.0. The molecule has 21 heavy (non-hydrogen) atoms. The Morgan fingerprint density at radius 3 is 2.76 bits per heavy atom. The molecule has 3 heterocycles. The van der Waals surface area contributed by atoms with Crippen molar-refractivity contribution in [2.45, 2.75) is 24.0 Å². The number of rotatable bonds is 3. The van der Waals surface area contributed by atoms with Crippen molar-refractivity contribution in [3.8, 4) is 0 Å². The van der Waals surface area contributed by atoms with E-state index in [4.69, 9.17) is 0 Å². The number of hydrogen-bond acceptors (Lipinski definition) is 6. The lowest BCUT2D eigenvalue weighted by Gasteiger charge is -2.07. The molecule has 0 fully saturated rings. The fourth-order valence-electron chi connectivity index (χ4n) is 1.89. The Balaban J connectivity index is 2.10. The Hall–Kier alpha value is -2.48. The first-order valence-corrected chi connectivity index (χ1v) is 6.94. The summed E-state index contributed by atoms with van der Waals surface area (Å²) in [5, 5.41) is 26.3. The first-order chi connectivity index (χ1) is 10.1. The van der Waals surface area contributed by atoms with Crippen LogP contribution in [0.15, 0.2) is 34.6 Å². The second kappa shape index (κ2) is 5.13. The minimum absolute atomic E-state index is 0.153. The van der Waals surface area contributed by atoms with Crippen molar-refractivity contribution >= 4 is 23.4 Å². The smallest absolute Gasteiger partial charge is 0.338 e. The number of pyridine rings is 1. The summed E-state index contributed by atoms with van der Waals surface area (Å²) in [6, 6.07) is 5.53. The average Bonchev–Trinajstić information content (AvgIpc) is 2.86. The van der Waals surface area contributed by atoms with Crippen LogP contribution in [0.3, 0.4) is 0 Å². The van der Waals surface area contributed by atoms with E-state index in [9.17, 15) is 9.90 Å². The maximum absolute atomic E-state index is 11.5. The molecule has 0 atom stereocenters. The van der Waals surface area contributed by atoms with Gasteiger partial charge in [-0.15, -0.1) is 15.3 Å². The summed E-state index contributed by atoms with van der Waals surface area (Å²) >= 11 is 1.14. The van der Waals surface area contributed by atoms with Crippen molar-refractivity contribution in [2.75, 3.05) is 0 Å². The zero-order chi connectivity index (χ0) is 15.0. The molecular formula is C13H11N5O2S. The number of aryl methyl sites for hydroxylation is 1. The minimum atomic E-state index is -1.03. The molecule has 1 N–H and O–H groups in total. The predicted octanol–water partition coefficient (Wildman–Crippen LogP) is 1.99. The van der Waals surface area contributed by atoms with Gasteiger partial charge in [0.1, 0.15) is 5.03 Å². The molecule has 7 nitrogen and oxygen atoms in total. The highest BCUT2D eigenvalue weighted by Gasteiger charge is 2.20. The number of carbonyl (C=O) groups is 1. The molecule has 3 rings (SSSR count). The molecule has 3 aromatic rings. The Morgan fingerprint density at radius 1 is 1.19 bits per heavy atom. The average molecular weight is 301 g/mol. The molecule has 0 aromatic carbocycles. The van der Waals surface area contributed by atoms with E-state index in [0.29, 0.717) is 27.1 Å². The highest BCUT2D eigenvalue weighted by molar-refractivity contribution is 7.99. The second-order valence-electron chi connectivity index (χ2n) is 4.41. The van der Waals surface area contributed by atoms with Gasteiger partial charge in [-0.1, -0.05) is 6.07 Å². The van der Waals surface area contributed by atoms with E-state index < -0.39 is 5.97 Å². The molecule has 8 heteroatoms.